The van der Waals surface area contributed by atoms with Gasteiger partial charge in [-0.15, -0.1) is 11.6 Å². The highest BCUT2D eigenvalue weighted by Crippen LogP contribution is 2.40. The quantitative estimate of drug-likeness (QED) is 0.778. The van der Waals surface area contributed by atoms with Gasteiger partial charge in [0, 0.05) is 18.3 Å². The van der Waals surface area contributed by atoms with Crippen LogP contribution in [0.15, 0.2) is 0 Å². The van der Waals surface area contributed by atoms with Crippen molar-refractivity contribution >= 4 is 17.5 Å². The van der Waals surface area contributed by atoms with Gasteiger partial charge in [-0.2, -0.15) is 0 Å². The molecule has 2 fully saturated rings. The fourth-order valence-corrected chi connectivity index (χ4v) is 4.33. The molecule has 3 atom stereocenters. The highest BCUT2D eigenvalue weighted by Gasteiger charge is 2.37. The van der Waals surface area contributed by atoms with Crippen molar-refractivity contribution in [3.63, 3.8) is 0 Å². The van der Waals surface area contributed by atoms with E-state index < -0.39 is 0 Å². The number of halogens is 1. The predicted molar refractivity (Wildman–Crippen MR) is 80.3 cm³/mol. The smallest absolute Gasteiger partial charge is 0.223 e. The van der Waals surface area contributed by atoms with E-state index in [0.29, 0.717) is 11.8 Å². The minimum Gasteiger partial charge on any atom is -0.356 e. The van der Waals surface area contributed by atoms with Gasteiger partial charge in [-0.3, -0.25) is 4.79 Å². The summed E-state index contributed by atoms with van der Waals surface area (Å²) in [5.41, 5.74) is 0.171. The number of carbonyl (C=O) groups excluding carboxylic acids is 1. The fraction of sp³-hybridized carbons (Fsp3) is 0.938. The van der Waals surface area contributed by atoms with Crippen LogP contribution >= 0.6 is 11.6 Å². The monoisotopic (exact) mass is 285 g/mol. The van der Waals surface area contributed by atoms with Gasteiger partial charge in [0.25, 0.3) is 0 Å². The van der Waals surface area contributed by atoms with Crippen molar-refractivity contribution in [3.05, 3.63) is 0 Å². The molecular formula is C16H28ClNO. The fourth-order valence-electron chi connectivity index (χ4n) is 3.92. The lowest BCUT2D eigenvalue weighted by Gasteiger charge is -2.37. The SMILES string of the molecule is CC1(C)CCCCC1C(=O)NCC1CCCC1CCl. The number of hydrogen-bond donors (Lipinski definition) is 1. The molecule has 2 aliphatic carbocycles. The second-order valence-electron chi connectivity index (χ2n) is 7.14. The Balaban J connectivity index is 1.83. The van der Waals surface area contributed by atoms with Crippen molar-refractivity contribution in [2.75, 3.05) is 12.4 Å². The van der Waals surface area contributed by atoms with Gasteiger partial charge < -0.3 is 5.32 Å². The molecule has 2 rings (SSSR count). The normalized spacial score (nSPS) is 34.2. The number of hydrogen-bond acceptors (Lipinski definition) is 1. The maximum Gasteiger partial charge on any atom is 0.223 e. The lowest BCUT2D eigenvalue weighted by molar-refractivity contribution is -0.130. The molecular weight excluding hydrogens is 258 g/mol. The Bertz CT molecular complexity index is 316. The van der Waals surface area contributed by atoms with Crippen LogP contribution < -0.4 is 5.32 Å². The topological polar surface area (TPSA) is 29.1 Å². The lowest BCUT2D eigenvalue weighted by atomic mass is 9.68. The molecule has 2 nitrogen and oxygen atoms in total. The van der Waals surface area contributed by atoms with Crippen LogP contribution in [0.3, 0.4) is 0 Å². The summed E-state index contributed by atoms with van der Waals surface area (Å²) in [6.07, 6.45) is 8.45. The van der Waals surface area contributed by atoms with E-state index in [-0.39, 0.29) is 17.2 Å². The van der Waals surface area contributed by atoms with E-state index in [0.717, 1.165) is 18.8 Å². The van der Waals surface area contributed by atoms with Gasteiger partial charge in [0.2, 0.25) is 5.91 Å². The van der Waals surface area contributed by atoms with Crippen LogP contribution in [0.25, 0.3) is 0 Å². The molecule has 3 unspecified atom stereocenters. The third kappa shape index (κ3) is 3.65. The summed E-state index contributed by atoms with van der Waals surface area (Å²) in [5.74, 6) is 2.45. The number of rotatable bonds is 4. The number of alkyl halides is 1. The molecule has 0 spiro atoms. The Hall–Kier alpha value is -0.240. The zero-order valence-electron chi connectivity index (χ0n) is 12.4. The van der Waals surface area contributed by atoms with Crippen molar-refractivity contribution in [3.8, 4) is 0 Å². The van der Waals surface area contributed by atoms with Crippen molar-refractivity contribution in [1.82, 2.24) is 5.32 Å². The van der Waals surface area contributed by atoms with Crippen molar-refractivity contribution in [1.29, 1.82) is 0 Å². The Morgan fingerprint density at radius 1 is 1.16 bits per heavy atom. The second-order valence-corrected chi connectivity index (χ2v) is 7.45. The van der Waals surface area contributed by atoms with Crippen LogP contribution in [0, 0.1) is 23.2 Å². The first kappa shape index (κ1) is 15.2. The summed E-state index contributed by atoms with van der Waals surface area (Å²) in [5, 5.41) is 3.22. The van der Waals surface area contributed by atoms with Gasteiger partial charge in [-0.25, -0.2) is 0 Å². The Morgan fingerprint density at radius 3 is 2.58 bits per heavy atom. The molecule has 0 aromatic rings. The summed E-state index contributed by atoms with van der Waals surface area (Å²) >= 11 is 6.00. The van der Waals surface area contributed by atoms with Gasteiger partial charge in [0.15, 0.2) is 0 Å². The molecule has 0 aromatic heterocycles. The van der Waals surface area contributed by atoms with Crippen LogP contribution in [-0.4, -0.2) is 18.3 Å². The molecule has 0 aliphatic heterocycles. The third-order valence-corrected chi connectivity index (χ3v) is 5.77. The Labute approximate surface area is 122 Å². The molecule has 0 saturated heterocycles. The zero-order valence-corrected chi connectivity index (χ0v) is 13.1. The van der Waals surface area contributed by atoms with Gasteiger partial charge in [-0.05, 0) is 42.9 Å². The largest absolute Gasteiger partial charge is 0.356 e. The average molecular weight is 286 g/mol. The van der Waals surface area contributed by atoms with Crippen LogP contribution in [0.1, 0.15) is 58.8 Å². The summed E-state index contributed by atoms with van der Waals surface area (Å²) in [7, 11) is 0. The molecule has 3 heteroatoms. The standard InChI is InChI=1S/C16H28ClNO/c1-16(2)9-4-3-8-14(16)15(19)18-11-13-7-5-6-12(13)10-17/h12-14H,3-11H2,1-2H3,(H,18,19). The van der Waals surface area contributed by atoms with Crippen LogP contribution in [0.2, 0.25) is 0 Å². The molecule has 110 valence electrons. The first-order valence-corrected chi connectivity index (χ1v) is 8.41. The summed E-state index contributed by atoms with van der Waals surface area (Å²) < 4.78 is 0. The molecule has 1 N–H and O–H groups in total. The molecule has 2 aliphatic rings. The molecule has 0 heterocycles. The predicted octanol–water partition coefficient (Wildman–Crippen LogP) is 3.97. The Morgan fingerprint density at radius 2 is 1.89 bits per heavy atom. The molecule has 1 amide bonds. The minimum atomic E-state index is 0.171. The van der Waals surface area contributed by atoms with E-state index >= 15 is 0 Å². The van der Waals surface area contributed by atoms with Crippen molar-refractivity contribution < 1.29 is 4.79 Å². The van der Waals surface area contributed by atoms with Gasteiger partial charge >= 0.3 is 0 Å². The number of carbonyl (C=O) groups is 1. The van der Waals surface area contributed by atoms with E-state index in [1.54, 1.807) is 0 Å². The third-order valence-electron chi connectivity index (χ3n) is 5.38. The van der Waals surface area contributed by atoms with Crippen molar-refractivity contribution in [2.45, 2.75) is 58.8 Å². The highest BCUT2D eigenvalue weighted by atomic mass is 35.5. The summed E-state index contributed by atoms with van der Waals surface area (Å²) in [6, 6.07) is 0. The molecule has 19 heavy (non-hydrogen) atoms. The van der Waals surface area contributed by atoms with Gasteiger partial charge in [0.05, 0.1) is 0 Å². The van der Waals surface area contributed by atoms with Crippen LogP contribution in [0.5, 0.6) is 0 Å². The maximum atomic E-state index is 12.4. The van der Waals surface area contributed by atoms with E-state index in [1.807, 2.05) is 0 Å². The lowest BCUT2D eigenvalue weighted by Crippen LogP contribution is -2.43. The molecule has 0 aromatic carbocycles. The van der Waals surface area contributed by atoms with Gasteiger partial charge in [0.1, 0.15) is 0 Å². The van der Waals surface area contributed by atoms with E-state index in [2.05, 4.69) is 19.2 Å². The van der Waals surface area contributed by atoms with E-state index in [1.165, 1.54) is 38.5 Å². The Kier molecular flexibility index (Phi) is 5.16. The number of nitrogens with one attached hydrogen (secondary N) is 1. The molecule has 2 saturated carbocycles. The minimum absolute atomic E-state index is 0.171. The average Bonchev–Trinajstić information content (AvgIpc) is 2.82. The second kappa shape index (κ2) is 6.47. The molecule has 0 radical (unpaired) electrons. The first-order chi connectivity index (χ1) is 9.04. The highest BCUT2D eigenvalue weighted by molar-refractivity contribution is 6.18. The van der Waals surface area contributed by atoms with Crippen LogP contribution in [0.4, 0.5) is 0 Å². The number of amides is 1. The van der Waals surface area contributed by atoms with Crippen molar-refractivity contribution in [2.24, 2.45) is 23.2 Å². The van der Waals surface area contributed by atoms with Gasteiger partial charge in [-0.1, -0.05) is 33.1 Å². The van der Waals surface area contributed by atoms with Crippen LogP contribution in [-0.2, 0) is 4.79 Å². The maximum absolute atomic E-state index is 12.4. The van der Waals surface area contributed by atoms with E-state index in [9.17, 15) is 4.79 Å². The molecule has 0 bridgehead atoms. The zero-order chi connectivity index (χ0) is 13.9. The first-order valence-electron chi connectivity index (χ1n) is 7.88. The van der Waals surface area contributed by atoms with E-state index in [4.69, 9.17) is 11.6 Å². The summed E-state index contributed by atoms with van der Waals surface area (Å²) in [4.78, 5) is 12.4. The summed E-state index contributed by atoms with van der Waals surface area (Å²) in [6.45, 7) is 5.32.